The molecule has 0 saturated heterocycles. The first-order valence-electron chi connectivity index (χ1n) is 6.54. The number of aromatic nitrogens is 2. The van der Waals surface area contributed by atoms with Gasteiger partial charge in [0.25, 0.3) is 0 Å². The molecule has 88 valence electrons. The highest BCUT2D eigenvalue weighted by Crippen LogP contribution is 2.49. The summed E-state index contributed by atoms with van der Waals surface area (Å²) in [7, 11) is 0. The monoisotopic (exact) mass is 219 g/mol. The number of H-pyrrole nitrogens is 1. The van der Waals surface area contributed by atoms with E-state index in [0.29, 0.717) is 6.04 Å². The van der Waals surface area contributed by atoms with Gasteiger partial charge >= 0.3 is 0 Å². The molecule has 4 atom stereocenters. The maximum atomic E-state index is 3.97. The molecule has 2 saturated carbocycles. The second-order valence-electron chi connectivity index (χ2n) is 5.59. The van der Waals surface area contributed by atoms with E-state index in [1.165, 1.54) is 31.4 Å². The molecular formula is C13H21N3. The van der Waals surface area contributed by atoms with Gasteiger partial charge in [0.1, 0.15) is 0 Å². The van der Waals surface area contributed by atoms with Crippen LogP contribution >= 0.6 is 0 Å². The first-order chi connectivity index (χ1) is 7.83. The summed E-state index contributed by atoms with van der Waals surface area (Å²) in [4.78, 5) is 0. The van der Waals surface area contributed by atoms with Gasteiger partial charge in [0.15, 0.2) is 0 Å². The number of fused-ring (bicyclic) bond motifs is 2. The van der Waals surface area contributed by atoms with Crippen molar-refractivity contribution in [1.29, 1.82) is 0 Å². The van der Waals surface area contributed by atoms with E-state index in [1.807, 2.05) is 12.3 Å². The summed E-state index contributed by atoms with van der Waals surface area (Å²) in [5.74, 6) is 2.97. The van der Waals surface area contributed by atoms with E-state index in [-0.39, 0.29) is 0 Å². The van der Waals surface area contributed by atoms with Crippen molar-refractivity contribution in [3.05, 3.63) is 18.0 Å². The van der Waals surface area contributed by atoms with Crippen LogP contribution in [0.1, 0.15) is 38.3 Å². The topological polar surface area (TPSA) is 40.7 Å². The van der Waals surface area contributed by atoms with Gasteiger partial charge in [-0.2, -0.15) is 5.10 Å². The molecule has 16 heavy (non-hydrogen) atoms. The molecule has 1 aromatic rings. The summed E-state index contributed by atoms with van der Waals surface area (Å²) < 4.78 is 0. The lowest BCUT2D eigenvalue weighted by atomic mass is 9.84. The minimum Gasteiger partial charge on any atom is -0.308 e. The fraction of sp³-hybridized carbons (Fsp3) is 0.769. The summed E-state index contributed by atoms with van der Waals surface area (Å²) >= 11 is 0. The van der Waals surface area contributed by atoms with Crippen LogP contribution in [0, 0.1) is 17.8 Å². The van der Waals surface area contributed by atoms with Crippen LogP contribution in [-0.4, -0.2) is 16.2 Å². The Morgan fingerprint density at radius 3 is 3.06 bits per heavy atom. The molecule has 2 bridgehead atoms. The first kappa shape index (κ1) is 10.3. The quantitative estimate of drug-likeness (QED) is 0.816. The van der Waals surface area contributed by atoms with Crippen LogP contribution < -0.4 is 5.32 Å². The normalized spacial score (nSPS) is 34.4. The van der Waals surface area contributed by atoms with Crippen molar-refractivity contribution in [2.24, 2.45) is 17.8 Å². The Morgan fingerprint density at radius 1 is 1.50 bits per heavy atom. The van der Waals surface area contributed by atoms with Gasteiger partial charge in [0, 0.05) is 24.5 Å². The molecule has 2 aliphatic carbocycles. The highest BCUT2D eigenvalue weighted by atomic mass is 15.1. The third-order valence-electron chi connectivity index (χ3n) is 4.61. The van der Waals surface area contributed by atoms with E-state index in [4.69, 9.17) is 0 Å². The third-order valence-corrected chi connectivity index (χ3v) is 4.61. The zero-order valence-corrected chi connectivity index (χ0v) is 9.95. The van der Waals surface area contributed by atoms with Gasteiger partial charge in [0.05, 0.1) is 0 Å². The standard InChI is InChI=1S/C13H21N3/c1-9(14-8-12-4-5-15-16-12)13-7-10-2-3-11(13)6-10/h4-5,9-11,13-14H,2-3,6-8H2,1H3,(H,15,16)/t9-,10+,11+,13-/m1/s1. The second-order valence-corrected chi connectivity index (χ2v) is 5.59. The van der Waals surface area contributed by atoms with Crippen LogP contribution in [0.5, 0.6) is 0 Å². The van der Waals surface area contributed by atoms with Gasteiger partial charge in [0.2, 0.25) is 0 Å². The minimum absolute atomic E-state index is 0.651. The van der Waals surface area contributed by atoms with Gasteiger partial charge in [-0.3, -0.25) is 5.10 Å². The van der Waals surface area contributed by atoms with Crippen molar-refractivity contribution in [2.45, 2.75) is 45.2 Å². The van der Waals surface area contributed by atoms with Gasteiger partial charge in [-0.15, -0.1) is 0 Å². The SMILES string of the molecule is C[C@@H](NCc1ccn[nH]1)[C@H]1C[C@H]2CC[C@H]1C2. The molecule has 2 fully saturated rings. The Kier molecular flexibility index (Phi) is 2.72. The van der Waals surface area contributed by atoms with Crippen LogP contribution in [0.25, 0.3) is 0 Å². The summed E-state index contributed by atoms with van der Waals surface area (Å²) in [6.07, 6.45) is 7.75. The predicted octanol–water partition coefficient (Wildman–Crippen LogP) is 2.32. The Morgan fingerprint density at radius 2 is 2.44 bits per heavy atom. The van der Waals surface area contributed by atoms with Crippen molar-refractivity contribution in [1.82, 2.24) is 15.5 Å². The fourth-order valence-electron chi connectivity index (χ4n) is 3.71. The van der Waals surface area contributed by atoms with Crippen LogP contribution in [0.4, 0.5) is 0 Å². The average molecular weight is 219 g/mol. The summed E-state index contributed by atoms with van der Waals surface area (Å²) in [5.41, 5.74) is 1.19. The maximum Gasteiger partial charge on any atom is 0.0490 e. The molecule has 2 N–H and O–H groups in total. The summed E-state index contributed by atoms with van der Waals surface area (Å²) in [6, 6.07) is 2.69. The van der Waals surface area contributed by atoms with E-state index < -0.39 is 0 Å². The van der Waals surface area contributed by atoms with Crippen LogP contribution in [-0.2, 0) is 6.54 Å². The van der Waals surface area contributed by atoms with Gasteiger partial charge < -0.3 is 5.32 Å². The number of rotatable bonds is 4. The molecule has 0 aliphatic heterocycles. The molecule has 3 heteroatoms. The molecule has 2 aliphatic rings. The lowest BCUT2D eigenvalue weighted by Gasteiger charge is -2.28. The summed E-state index contributed by atoms with van der Waals surface area (Å²) in [5, 5.41) is 10.6. The molecule has 0 amide bonds. The third kappa shape index (κ3) is 1.88. The maximum absolute atomic E-state index is 3.97. The lowest BCUT2D eigenvalue weighted by Crippen LogP contribution is -2.35. The Balaban J connectivity index is 1.52. The van der Waals surface area contributed by atoms with Crippen molar-refractivity contribution >= 4 is 0 Å². The largest absolute Gasteiger partial charge is 0.308 e. The Labute approximate surface area is 97.0 Å². The second kappa shape index (κ2) is 4.21. The predicted molar refractivity (Wildman–Crippen MR) is 63.8 cm³/mol. The molecule has 1 heterocycles. The highest BCUT2D eigenvalue weighted by Gasteiger charge is 2.41. The van der Waals surface area contributed by atoms with E-state index in [2.05, 4.69) is 22.4 Å². The number of nitrogens with one attached hydrogen (secondary N) is 2. The van der Waals surface area contributed by atoms with Crippen LogP contribution in [0.2, 0.25) is 0 Å². The molecule has 0 aromatic carbocycles. The zero-order valence-electron chi connectivity index (χ0n) is 9.95. The van der Waals surface area contributed by atoms with Crippen LogP contribution in [0.15, 0.2) is 12.3 Å². The van der Waals surface area contributed by atoms with Crippen molar-refractivity contribution in [3.8, 4) is 0 Å². The number of nitrogens with zero attached hydrogens (tertiary/aromatic N) is 1. The van der Waals surface area contributed by atoms with Crippen molar-refractivity contribution in [2.75, 3.05) is 0 Å². The molecule has 0 radical (unpaired) electrons. The average Bonchev–Trinajstić information content (AvgIpc) is 3.01. The number of hydrogen-bond donors (Lipinski definition) is 2. The van der Waals surface area contributed by atoms with E-state index in [0.717, 1.165) is 24.3 Å². The van der Waals surface area contributed by atoms with Crippen LogP contribution in [0.3, 0.4) is 0 Å². The van der Waals surface area contributed by atoms with E-state index in [9.17, 15) is 0 Å². The van der Waals surface area contributed by atoms with Crippen molar-refractivity contribution in [3.63, 3.8) is 0 Å². The van der Waals surface area contributed by atoms with Gasteiger partial charge in [-0.25, -0.2) is 0 Å². The minimum atomic E-state index is 0.651. The molecule has 3 nitrogen and oxygen atoms in total. The first-order valence-corrected chi connectivity index (χ1v) is 6.54. The molecule has 0 unspecified atom stereocenters. The molecule has 3 rings (SSSR count). The smallest absolute Gasteiger partial charge is 0.0490 e. The fourth-order valence-corrected chi connectivity index (χ4v) is 3.71. The van der Waals surface area contributed by atoms with Crippen molar-refractivity contribution < 1.29 is 0 Å². The highest BCUT2D eigenvalue weighted by molar-refractivity contribution is 4.99. The lowest BCUT2D eigenvalue weighted by molar-refractivity contribution is 0.259. The number of hydrogen-bond acceptors (Lipinski definition) is 2. The molecular weight excluding hydrogens is 198 g/mol. The molecule has 1 aromatic heterocycles. The van der Waals surface area contributed by atoms with Gasteiger partial charge in [-0.1, -0.05) is 6.42 Å². The van der Waals surface area contributed by atoms with E-state index >= 15 is 0 Å². The Hall–Kier alpha value is -0.830. The summed E-state index contributed by atoms with van der Waals surface area (Å²) in [6.45, 7) is 3.27. The zero-order chi connectivity index (χ0) is 11.0. The molecule has 0 spiro atoms. The van der Waals surface area contributed by atoms with E-state index in [1.54, 1.807) is 0 Å². The Bertz CT molecular complexity index is 333. The van der Waals surface area contributed by atoms with Gasteiger partial charge in [-0.05, 0) is 50.0 Å². The number of aromatic amines is 1.